The number of rotatable bonds is 18. The number of nitrogens with one attached hydrogen (secondary N) is 5. The summed E-state index contributed by atoms with van der Waals surface area (Å²) in [4.78, 5) is 75.8. The van der Waals surface area contributed by atoms with Gasteiger partial charge in [-0.05, 0) is 200 Å². The summed E-state index contributed by atoms with van der Waals surface area (Å²) < 4.78 is 215. The number of carbonyl (C=O) groups is 4. The first-order valence-electron chi connectivity index (χ1n) is 45.9. The molecule has 8 fully saturated rings. The van der Waals surface area contributed by atoms with Crippen LogP contribution in [0.1, 0.15) is 120 Å². The van der Waals surface area contributed by atoms with Crippen LogP contribution in [-0.4, -0.2) is 146 Å². The molecule has 0 spiro atoms. The number of nitrogens with zero attached hydrogens (tertiary/aromatic N) is 5. The van der Waals surface area contributed by atoms with E-state index in [4.69, 9.17) is 46.7 Å². The number of halogens is 17. The summed E-state index contributed by atoms with van der Waals surface area (Å²) in [6, 6.07) is 72.6. The van der Waals surface area contributed by atoms with Crippen LogP contribution in [-0.2, 0) is 61.9 Å². The minimum atomic E-state index is -2.76. The Morgan fingerprint density at radius 1 is 0.366 bits per heavy atom. The first kappa shape index (κ1) is 104. The molecule has 23 rings (SSSR count). The van der Waals surface area contributed by atoms with Crippen molar-refractivity contribution in [3.05, 3.63) is 336 Å². The maximum absolute atomic E-state index is 14.2. The third-order valence-electron chi connectivity index (χ3n) is 27.1. The average Bonchev–Trinajstić information content (AvgIpc) is 1.56. The number of amides is 4. The molecule has 42 heteroatoms. The molecule has 1 saturated heterocycles. The normalized spacial score (nSPS) is 28.5. The van der Waals surface area contributed by atoms with Crippen LogP contribution in [0.5, 0.6) is 0 Å². The van der Waals surface area contributed by atoms with Crippen molar-refractivity contribution < 1.29 is 114 Å². The van der Waals surface area contributed by atoms with Crippen LogP contribution < -0.4 is 49.7 Å². The van der Waals surface area contributed by atoms with Gasteiger partial charge in [0.2, 0.25) is 0 Å². The van der Waals surface area contributed by atoms with Crippen molar-refractivity contribution in [2.45, 2.75) is 166 Å². The molecular formula is C103H93Br3F14N14O11. The summed E-state index contributed by atoms with van der Waals surface area (Å²) in [5, 5.41) is 22.6. The summed E-state index contributed by atoms with van der Waals surface area (Å²) in [7, 11) is 0. The Balaban J connectivity index is 0.000000118. The number of hydroxylamine groups is 1. The van der Waals surface area contributed by atoms with Crippen molar-refractivity contribution in [3.63, 3.8) is 0 Å². The predicted octanol–water partition coefficient (Wildman–Crippen LogP) is 19.0. The number of carbonyl (C=O) groups excluding carboxylic acids is 4. The summed E-state index contributed by atoms with van der Waals surface area (Å²) in [5.74, 6) is -4.27. The molecule has 25 nitrogen and oxygen atoms in total. The Kier molecular flexibility index (Phi) is 30.5. The zero-order valence-electron chi connectivity index (χ0n) is 76.0. The second-order valence-electron chi connectivity index (χ2n) is 36.6. The number of alkyl halides is 14. The SMILES string of the molecule is FC(F)C1=NOC2CC12.FC(F)[C@]1(c2cccc(Br)c2)NOC2C[C@@H]21.N[C@@](c1cccc(Br)c1)(C(F)F)[C@H]1CC1O.Nc1cccc([C@@]2(C(F)F)N=C(NC(=O)c3ccccc3)OC3C[C@@H]32)c1.Nc1cccc([C@@]2(C(F)F)N=C(NC(=O)c3ccccc3)O[C@@H]3C[C@@H]32)c1.Nc1cccc([C@]2(C(F)F)N=C(NC(=O)c3ccccc3)O[C@H]3C[C@H]32)c1.O=C(NC1=N[C@@](c2cccc(Br)c2)(C(F)F)[C@H]2CC2O1)c1ccccc1. The highest BCUT2D eigenvalue weighted by atomic mass is 79.9. The predicted molar refractivity (Wildman–Crippen MR) is 519 cm³/mol. The Labute approximate surface area is 845 Å². The second kappa shape index (κ2) is 42.7. The lowest BCUT2D eigenvalue weighted by molar-refractivity contribution is -0.0552. The number of aliphatic imine (C=N–C) groups is 4. The number of benzene rings is 10. The van der Waals surface area contributed by atoms with Gasteiger partial charge in [-0.2, -0.15) is 5.48 Å². The van der Waals surface area contributed by atoms with E-state index >= 15 is 0 Å². The highest BCUT2D eigenvalue weighted by molar-refractivity contribution is 9.11. The minimum absolute atomic E-state index is 0.00556. The van der Waals surface area contributed by atoms with Gasteiger partial charge in [0, 0.05) is 94.2 Å². The van der Waals surface area contributed by atoms with Gasteiger partial charge in [0.05, 0.1) is 12.2 Å². The Morgan fingerprint density at radius 3 is 0.917 bits per heavy atom. The number of hydrogen-bond donors (Lipinski definition) is 10. The third-order valence-corrected chi connectivity index (χ3v) is 28.6. The fraction of sp³-hybridized carbons (Fsp3) is 0.330. The average molecular weight is 2210 g/mol. The molecule has 6 unspecified atom stereocenters. The number of anilines is 3. The fourth-order valence-corrected chi connectivity index (χ4v) is 20.1. The van der Waals surface area contributed by atoms with Gasteiger partial charge in [0.15, 0.2) is 22.2 Å². The van der Waals surface area contributed by atoms with Gasteiger partial charge in [0.25, 0.3) is 92.7 Å². The smallest absolute Gasteiger partial charge is 0.293 e. The summed E-state index contributed by atoms with van der Waals surface area (Å²) in [5.41, 5.74) is 20.6. The van der Waals surface area contributed by atoms with Gasteiger partial charge >= 0.3 is 0 Å². The Hall–Kier alpha value is -12.9. The van der Waals surface area contributed by atoms with Crippen LogP contribution in [0.15, 0.2) is 305 Å². The van der Waals surface area contributed by atoms with E-state index < -0.39 is 156 Å². The molecule has 10 aromatic rings. The maximum atomic E-state index is 14.2. The van der Waals surface area contributed by atoms with E-state index in [1.807, 2.05) is 6.07 Å². The molecule has 145 heavy (non-hydrogen) atoms. The highest BCUT2D eigenvalue weighted by Gasteiger charge is 2.69. The van der Waals surface area contributed by atoms with Crippen molar-refractivity contribution >= 4 is 118 Å². The molecule has 13 aliphatic rings. The molecule has 6 aliphatic heterocycles. The number of amidine groups is 4. The van der Waals surface area contributed by atoms with Crippen LogP contribution in [0.25, 0.3) is 0 Å². The summed E-state index contributed by atoms with van der Waals surface area (Å²) in [6.07, 6.45) is -17.3. The molecule has 0 bridgehead atoms. The van der Waals surface area contributed by atoms with Crippen molar-refractivity contribution in [2.24, 2.45) is 72.3 Å². The van der Waals surface area contributed by atoms with Crippen molar-refractivity contribution in [3.8, 4) is 0 Å². The molecule has 7 saturated carbocycles. The minimum Gasteiger partial charge on any atom is -0.461 e. The van der Waals surface area contributed by atoms with Crippen LogP contribution >= 0.6 is 47.8 Å². The monoisotopic (exact) mass is 2200 g/mol. The van der Waals surface area contributed by atoms with E-state index in [1.165, 1.54) is 18.2 Å². The molecule has 4 amide bonds. The standard InChI is InChI=1S/C19H15BrF2N2O2.3C19H17F2N3O2.C11H10BrF2NO.C11H12BrF2NO.C5H5F2NO/c20-13-8-4-7-12(9-13)19(17(21)22)14-10-15(14)26-18(24-19)23-16(25)11-5-2-1-3-6-11;3*20-17(21)19(12-7-4-8-13(22)9-12)14-10-15(14)26-18(24-19)23-16(25)11-5-2-1-3-6-11;12-7-3-1-2-6(4-7)11(10(13)14)8-5-9(8)16-15-11;12-7-3-1-2-6(4-7)11(15,10(13)14)8-5-9(8)16;6-5(7)4-2-1-3(2)9-8-4/h1-9,14-15,17H,10H2,(H,23,24,25);3*1-9,14-15,17H,10,22H2,(H,23,24,25);1-4,8-10,15H,5H2;1-4,8-10,16H,5,15H2;2-3,5H,1H2/t2*14-,15?,19+;2*14-,15+,19+;2*8-,9?,11+;/m001000./s1. The lowest BCUT2D eigenvalue weighted by Gasteiger charge is -2.33. The first-order valence-corrected chi connectivity index (χ1v) is 48.3. The largest absolute Gasteiger partial charge is 0.461 e. The van der Waals surface area contributed by atoms with Crippen LogP contribution in [0.3, 0.4) is 0 Å². The highest BCUT2D eigenvalue weighted by Crippen LogP contribution is 2.62. The van der Waals surface area contributed by atoms with Gasteiger partial charge in [0.1, 0.15) is 47.3 Å². The number of ether oxygens (including phenoxy) is 4. The van der Waals surface area contributed by atoms with E-state index in [-0.39, 0.29) is 59.9 Å². The first-order chi connectivity index (χ1) is 69.4. The van der Waals surface area contributed by atoms with E-state index in [1.54, 1.807) is 243 Å². The van der Waals surface area contributed by atoms with Gasteiger partial charge in [-0.1, -0.05) is 199 Å². The van der Waals surface area contributed by atoms with Gasteiger partial charge < -0.3 is 51.8 Å². The number of aliphatic hydroxyl groups is 1. The zero-order chi connectivity index (χ0) is 103. The van der Waals surface area contributed by atoms with Crippen molar-refractivity contribution in [1.82, 2.24) is 26.7 Å². The number of nitrogens with two attached hydrogens (primary N) is 4. The summed E-state index contributed by atoms with van der Waals surface area (Å²) in [6.45, 7) is 0. The van der Waals surface area contributed by atoms with E-state index in [9.17, 15) is 85.8 Å². The number of nitrogen functional groups attached to an aromatic ring is 3. The molecule has 20 atom stereocenters. The number of aliphatic hydroxyl groups excluding tert-OH is 1. The molecular weight excluding hydrogens is 2110 g/mol. The van der Waals surface area contributed by atoms with Gasteiger partial charge in [-0.15, -0.1) is 0 Å². The second-order valence-corrected chi connectivity index (χ2v) is 39.3. The molecule has 0 aromatic heterocycles. The molecule has 10 aromatic carbocycles. The lowest BCUT2D eigenvalue weighted by atomic mass is 9.85. The van der Waals surface area contributed by atoms with E-state index in [0.717, 1.165) is 10.9 Å². The lowest BCUT2D eigenvalue weighted by Crippen LogP contribution is -2.47. The number of oxime groups is 1. The zero-order valence-corrected chi connectivity index (χ0v) is 80.7. The Morgan fingerprint density at radius 2 is 0.669 bits per heavy atom. The Bertz CT molecular complexity index is 6000. The van der Waals surface area contributed by atoms with Gasteiger partial charge in [-0.25, -0.2) is 81.4 Å². The van der Waals surface area contributed by atoms with Crippen LogP contribution in [0.4, 0.5) is 78.5 Å². The number of fused-ring (bicyclic) bond motifs is 6. The van der Waals surface area contributed by atoms with Gasteiger partial charge in [-0.3, -0.25) is 45.3 Å². The molecule has 6 heterocycles. The third kappa shape index (κ3) is 21.9. The van der Waals surface area contributed by atoms with Crippen molar-refractivity contribution in [2.75, 3.05) is 17.2 Å². The molecule has 760 valence electrons. The van der Waals surface area contributed by atoms with Crippen molar-refractivity contribution in [1.29, 1.82) is 0 Å². The maximum Gasteiger partial charge on any atom is 0.293 e. The quantitative estimate of drug-likeness (QED) is 0.0282. The summed E-state index contributed by atoms with van der Waals surface area (Å²) >= 11 is 9.86. The van der Waals surface area contributed by atoms with Crippen LogP contribution in [0, 0.1) is 41.4 Å². The molecule has 7 aliphatic carbocycles. The number of hydrogen-bond acceptors (Lipinski definition) is 21. The van der Waals surface area contributed by atoms with Crippen LogP contribution in [0.2, 0.25) is 0 Å². The molecule has 14 N–H and O–H groups in total. The van der Waals surface area contributed by atoms with E-state index in [2.05, 4.69) is 105 Å². The van der Waals surface area contributed by atoms with E-state index in [0.29, 0.717) is 120 Å². The fourth-order valence-electron chi connectivity index (χ4n) is 18.9. The topological polar surface area (TPSA) is 370 Å². The molecule has 0 radical (unpaired) electrons.